The van der Waals surface area contributed by atoms with Crippen LogP contribution < -0.4 is 5.32 Å². The van der Waals surface area contributed by atoms with E-state index in [1.165, 1.54) is 37.0 Å². The van der Waals surface area contributed by atoms with E-state index >= 15 is 0 Å². The first-order valence-electron chi connectivity index (χ1n) is 10.2. The second-order valence-electron chi connectivity index (χ2n) is 7.74. The van der Waals surface area contributed by atoms with Gasteiger partial charge in [-0.1, -0.05) is 42.8 Å². The number of nitrogens with zero attached hydrogens (tertiary/aromatic N) is 2. The summed E-state index contributed by atoms with van der Waals surface area (Å²) in [7, 11) is -3.98. The fourth-order valence-electron chi connectivity index (χ4n) is 3.91. The van der Waals surface area contributed by atoms with Crippen LogP contribution >= 0.6 is 0 Å². The molecule has 30 heavy (non-hydrogen) atoms. The van der Waals surface area contributed by atoms with Crippen molar-refractivity contribution in [3.05, 3.63) is 65.2 Å². The second kappa shape index (κ2) is 8.57. The molecule has 0 aliphatic carbocycles. The van der Waals surface area contributed by atoms with E-state index in [-0.39, 0.29) is 17.0 Å². The fourth-order valence-corrected chi connectivity index (χ4v) is 5.44. The van der Waals surface area contributed by atoms with Gasteiger partial charge in [0.05, 0.1) is 5.56 Å². The first kappa shape index (κ1) is 20.6. The highest BCUT2D eigenvalue weighted by atomic mass is 32.2. The third-order valence-electron chi connectivity index (χ3n) is 5.57. The minimum Gasteiger partial charge on any atom is -0.350 e. The van der Waals surface area contributed by atoms with Crippen LogP contribution in [0.5, 0.6) is 0 Å². The van der Waals surface area contributed by atoms with Gasteiger partial charge < -0.3 is 5.32 Å². The minimum atomic E-state index is -3.98. The highest BCUT2D eigenvalue weighted by Gasteiger charge is 2.41. The van der Waals surface area contributed by atoms with Crippen LogP contribution in [0.3, 0.4) is 0 Å². The zero-order valence-electron chi connectivity index (χ0n) is 16.7. The molecule has 1 N–H and O–H groups in total. The second-order valence-corrected chi connectivity index (χ2v) is 9.57. The van der Waals surface area contributed by atoms with Gasteiger partial charge in [-0.2, -0.15) is 0 Å². The van der Waals surface area contributed by atoms with Crippen molar-refractivity contribution in [3.8, 4) is 0 Å². The van der Waals surface area contributed by atoms with Gasteiger partial charge in [-0.05, 0) is 49.2 Å². The average molecular weight is 428 g/mol. The van der Waals surface area contributed by atoms with Gasteiger partial charge in [-0.15, -0.1) is 0 Å². The van der Waals surface area contributed by atoms with Gasteiger partial charge in [-0.25, -0.2) is 12.7 Å². The summed E-state index contributed by atoms with van der Waals surface area (Å²) in [6.07, 6.45) is 3.82. The highest BCUT2D eigenvalue weighted by Crippen LogP contribution is 2.29. The van der Waals surface area contributed by atoms with Crippen LogP contribution in [0.2, 0.25) is 0 Å². The number of fused-ring (bicyclic) bond motifs is 1. The maximum atomic E-state index is 12.5. The number of hydrogen-bond donors (Lipinski definition) is 1. The van der Waals surface area contributed by atoms with Crippen LogP contribution in [0.25, 0.3) is 0 Å². The number of amides is 2. The van der Waals surface area contributed by atoms with Crippen molar-refractivity contribution in [1.82, 2.24) is 14.5 Å². The lowest BCUT2D eigenvalue weighted by molar-refractivity contribution is -0.121. The molecule has 7 nitrogen and oxygen atoms in total. The van der Waals surface area contributed by atoms with Crippen LogP contribution in [0, 0.1) is 0 Å². The number of likely N-dealkylation sites (tertiary alicyclic amines) is 1. The number of nitrogens with one attached hydrogen (secondary N) is 1. The predicted molar refractivity (Wildman–Crippen MR) is 112 cm³/mol. The van der Waals surface area contributed by atoms with E-state index in [1.54, 1.807) is 12.1 Å². The molecule has 2 amide bonds. The number of sulfonamides is 1. The Morgan fingerprint density at radius 3 is 2.30 bits per heavy atom. The maximum absolute atomic E-state index is 12.5. The Morgan fingerprint density at radius 1 is 0.933 bits per heavy atom. The normalized spacial score (nSPS) is 18.3. The van der Waals surface area contributed by atoms with E-state index in [0.717, 1.165) is 25.2 Å². The molecule has 0 bridgehead atoms. The molecule has 0 unspecified atom stereocenters. The first-order chi connectivity index (χ1) is 14.4. The van der Waals surface area contributed by atoms with Gasteiger partial charge in [-0.3, -0.25) is 14.5 Å². The van der Waals surface area contributed by atoms with Crippen LogP contribution in [-0.4, -0.2) is 49.1 Å². The number of benzene rings is 2. The summed E-state index contributed by atoms with van der Waals surface area (Å²) in [5.74, 6) is -1.18. The summed E-state index contributed by atoms with van der Waals surface area (Å²) in [6, 6.07) is 14.0. The molecule has 2 aliphatic rings. The molecule has 2 heterocycles. The fraction of sp³-hybridized carbons (Fsp3) is 0.364. The van der Waals surface area contributed by atoms with Crippen LogP contribution in [0.1, 0.15) is 40.7 Å². The molecular formula is C22H25N3O4S. The number of carbonyl (C=O) groups excluding carboxylic acids is 2. The number of hydrogen-bond acceptors (Lipinski definition) is 5. The van der Waals surface area contributed by atoms with Gasteiger partial charge >= 0.3 is 0 Å². The van der Waals surface area contributed by atoms with Crippen molar-refractivity contribution < 1.29 is 18.0 Å². The lowest BCUT2D eigenvalue weighted by Crippen LogP contribution is -2.40. The molecule has 2 aromatic rings. The number of rotatable bonds is 6. The molecule has 1 fully saturated rings. The predicted octanol–water partition coefficient (Wildman–Crippen LogP) is 2.13. The van der Waals surface area contributed by atoms with Crippen LogP contribution in [0.15, 0.2) is 53.4 Å². The molecule has 2 aromatic carbocycles. The van der Waals surface area contributed by atoms with E-state index in [4.69, 9.17) is 0 Å². The topological polar surface area (TPSA) is 86.8 Å². The Balaban J connectivity index is 1.31. The number of carbonyl (C=O) groups is 2. The molecule has 0 spiro atoms. The van der Waals surface area contributed by atoms with E-state index in [2.05, 4.69) is 22.3 Å². The van der Waals surface area contributed by atoms with Crippen molar-refractivity contribution in [1.29, 1.82) is 0 Å². The molecule has 0 radical (unpaired) electrons. The molecule has 1 saturated heterocycles. The summed E-state index contributed by atoms with van der Waals surface area (Å²) < 4.78 is 25.7. The summed E-state index contributed by atoms with van der Waals surface area (Å²) >= 11 is 0. The smallest absolute Gasteiger partial charge is 0.269 e. The van der Waals surface area contributed by atoms with Gasteiger partial charge in [0.1, 0.15) is 11.4 Å². The maximum Gasteiger partial charge on any atom is 0.269 e. The quantitative estimate of drug-likeness (QED) is 0.763. The lowest BCUT2D eigenvalue weighted by Gasteiger charge is -2.26. The summed E-state index contributed by atoms with van der Waals surface area (Å²) in [4.78, 5) is 27.1. The summed E-state index contributed by atoms with van der Waals surface area (Å²) in [6.45, 7) is 2.96. The first-order valence-corrected chi connectivity index (χ1v) is 11.6. The Labute approximate surface area is 176 Å². The van der Waals surface area contributed by atoms with Crippen molar-refractivity contribution in [3.63, 3.8) is 0 Å². The van der Waals surface area contributed by atoms with Gasteiger partial charge in [0, 0.05) is 13.1 Å². The Bertz CT molecular complexity index is 1040. The Hall–Kier alpha value is -2.71. The van der Waals surface area contributed by atoms with Crippen molar-refractivity contribution in [2.45, 2.75) is 37.2 Å². The zero-order valence-corrected chi connectivity index (χ0v) is 17.5. The third kappa shape index (κ3) is 4.24. The third-order valence-corrected chi connectivity index (χ3v) is 7.35. The average Bonchev–Trinajstić information content (AvgIpc) is 2.95. The molecule has 0 atom stereocenters. The standard InChI is InChI=1S/C22H25N3O4S/c26-21(16-25-22(27)19-6-2-3-7-20(19)30(25,28)29)23-14-17-8-10-18(11-9-17)15-24-12-4-1-5-13-24/h2-3,6-11H,1,4-5,12-16H2,(H,23,26). The largest absolute Gasteiger partial charge is 0.350 e. The van der Waals surface area contributed by atoms with Crippen LogP contribution in [0.4, 0.5) is 0 Å². The summed E-state index contributed by atoms with van der Waals surface area (Å²) in [5.41, 5.74) is 2.26. The van der Waals surface area contributed by atoms with Crippen LogP contribution in [-0.2, 0) is 27.9 Å². The minimum absolute atomic E-state index is 0.0490. The zero-order chi connectivity index (χ0) is 21.1. The molecular weight excluding hydrogens is 402 g/mol. The van der Waals surface area contributed by atoms with Crippen molar-refractivity contribution in [2.75, 3.05) is 19.6 Å². The SMILES string of the molecule is O=C(CN1C(=O)c2ccccc2S1(=O)=O)NCc1ccc(CN2CCCCC2)cc1. The lowest BCUT2D eigenvalue weighted by atomic mass is 10.1. The molecule has 0 aromatic heterocycles. The molecule has 8 heteroatoms. The van der Waals surface area contributed by atoms with Crippen molar-refractivity contribution >= 4 is 21.8 Å². The van der Waals surface area contributed by atoms with E-state index in [0.29, 0.717) is 4.31 Å². The molecule has 158 valence electrons. The van der Waals surface area contributed by atoms with E-state index in [9.17, 15) is 18.0 Å². The molecule has 2 aliphatic heterocycles. The molecule has 4 rings (SSSR count). The van der Waals surface area contributed by atoms with E-state index in [1.807, 2.05) is 12.1 Å². The highest BCUT2D eigenvalue weighted by molar-refractivity contribution is 7.90. The number of piperidine rings is 1. The Morgan fingerprint density at radius 2 is 1.60 bits per heavy atom. The molecule has 0 saturated carbocycles. The monoisotopic (exact) mass is 427 g/mol. The Kier molecular flexibility index (Phi) is 5.87. The van der Waals surface area contributed by atoms with Gasteiger partial charge in [0.2, 0.25) is 5.91 Å². The van der Waals surface area contributed by atoms with Gasteiger partial charge in [0.25, 0.3) is 15.9 Å². The van der Waals surface area contributed by atoms with Crippen molar-refractivity contribution in [2.24, 2.45) is 0 Å². The van der Waals surface area contributed by atoms with E-state index < -0.39 is 28.4 Å². The summed E-state index contributed by atoms with van der Waals surface area (Å²) in [5, 5.41) is 2.70. The van der Waals surface area contributed by atoms with Gasteiger partial charge in [0.15, 0.2) is 0 Å².